The molecular weight excluding hydrogens is 700 g/mol. The third kappa shape index (κ3) is 14.8. The van der Waals surface area contributed by atoms with Crippen molar-refractivity contribution < 1.29 is 33.8 Å². The number of nitrogens with one attached hydrogen (secondary N) is 5. The van der Waals surface area contributed by atoms with Crippen molar-refractivity contribution in [3.8, 4) is 5.75 Å². The Labute approximate surface area is 323 Å². The molecule has 1 saturated heterocycles. The molecule has 0 bridgehead atoms. The molecule has 1 aliphatic rings. The van der Waals surface area contributed by atoms with Crippen LogP contribution in [0.15, 0.2) is 84.9 Å². The van der Waals surface area contributed by atoms with Crippen LogP contribution in [-0.4, -0.2) is 78.0 Å². The molecule has 0 spiro atoms. The number of carbonyl (C=O) groups excluding carboxylic acids is 5. The van der Waals surface area contributed by atoms with Crippen LogP contribution in [0.2, 0.25) is 0 Å². The summed E-state index contributed by atoms with van der Waals surface area (Å²) in [6.07, 6.45) is 3.74. The van der Waals surface area contributed by atoms with Crippen LogP contribution < -0.4 is 32.3 Å². The number of phenolic OH excluding ortho intramolecular Hbond substituents is 1. The molecule has 13 nitrogen and oxygen atoms in total. The minimum absolute atomic E-state index is 0.0242. The largest absolute Gasteiger partial charge is 0.508 e. The average molecular weight is 757 g/mol. The maximum absolute atomic E-state index is 14.2. The summed E-state index contributed by atoms with van der Waals surface area (Å²) in [5, 5.41) is 24.2. The Morgan fingerprint density at radius 3 is 1.87 bits per heavy atom. The minimum atomic E-state index is -1.17. The number of amides is 5. The van der Waals surface area contributed by atoms with E-state index in [2.05, 4.69) is 26.6 Å². The van der Waals surface area contributed by atoms with E-state index >= 15 is 0 Å². The number of hydrogen-bond acceptors (Lipinski definition) is 8. The van der Waals surface area contributed by atoms with E-state index in [0.29, 0.717) is 44.3 Å². The molecular formula is C42H56N6O7. The number of aromatic hydroxyl groups is 1. The molecule has 55 heavy (non-hydrogen) atoms. The fraction of sp³-hybridized carbons (Fsp3) is 0.452. The molecule has 0 aliphatic carbocycles. The van der Waals surface area contributed by atoms with E-state index in [0.717, 1.165) is 24.0 Å². The lowest BCUT2D eigenvalue weighted by molar-refractivity contribution is -0.136. The van der Waals surface area contributed by atoms with Crippen LogP contribution >= 0.6 is 0 Å². The van der Waals surface area contributed by atoms with Gasteiger partial charge in [0.05, 0.1) is 12.7 Å². The highest BCUT2D eigenvalue weighted by Crippen LogP contribution is 2.14. The van der Waals surface area contributed by atoms with Crippen molar-refractivity contribution in [3.05, 3.63) is 102 Å². The summed E-state index contributed by atoms with van der Waals surface area (Å²) < 4.78 is 6.09. The fourth-order valence-electron chi connectivity index (χ4n) is 6.34. The van der Waals surface area contributed by atoms with Crippen molar-refractivity contribution >= 4 is 29.5 Å². The summed E-state index contributed by atoms with van der Waals surface area (Å²) in [7, 11) is 0. The van der Waals surface area contributed by atoms with Gasteiger partial charge in [0.2, 0.25) is 29.5 Å². The number of ether oxygens (including phenoxy) is 1. The van der Waals surface area contributed by atoms with Crippen molar-refractivity contribution in [1.82, 2.24) is 26.6 Å². The molecule has 1 aliphatic heterocycles. The Kier molecular flexibility index (Phi) is 17.6. The number of carbonyl (C=O) groups is 5. The van der Waals surface area contributed by atoms with Gasteiger partial charge in [-0.2, -0.15) is 0 Å². The standard InChI is InChI=1S/C42H56N6O7/c1-29(55-28-32-16-8-5-9-17-32)38-42(54)44-25-13-3-2-10-19-37(50)45-35(26-30-14-6-4-7-15-30)40(52)47-36(27-31-20-22-33(49)23-21-31)41(53)46-34(39(51)48-38)18-11-12-24-43/h4-9,14-17,20-23,29,34-36,38,49H,2-3,10-13,18-19,24-28,43H2,1H3,(H,44,54)(H,45,50)(H,46,53)(H,47,52)(H,48,51)/t29-,34+,35+,36-,38+/m1/s1. The molecule has 1 fully saturated rings. The van der Waals surface area contributed by atoms with E-state index in [4.69, 9.17) is 10.5 Å². The van der Waals surface area contributed by atoms with Gasteiger partial charge in [0.15, 0.2) is 0 Å². The topological polar surface area (TPSA) is 201 Å². The van der Waals surface area contributed by atoms with Crippen LogP contribution in [-0.2, 0) is 48.2 Å². The van der Waals surface area contributed by atoms with Crippen LogP contribution in [0.4, 0.5) is 0 Å². The third-order valence-electron chi connectivity index (χ3n) is 9.56. The highest BCUT2D eigenvalue weighted by molar-refractivity contribution is 5.96. The first kappa shape index (κ1) is 42.5. The summed E-state index contributed by atoms with van der Waals surface area (Å²) in [4.78, 5) is 69.0. The highest BCUT2D eigenvalue weighted by atomic mass is 16.5. The Morgan fingerprint density at radius 2 is 1.22 bits per heavy atom. The summed E-state index contributed by atoms with van der Waals surface area (Å²) in [6.45, 7) is 2.67. The molecule has 3 aromatic rings. The molecule has 0 saturated carbocycles. The van der Waals surface area contributed by atoms with Gasteiger partial charge in [-0.25, -0.2) is 0 Å². The van der Waals surface area contributed by atoms with Crippen molar-refractivity contribution in [2.45, 2.75) is 108 Å². The molecule has 1 heterocycles. The maximum atomic E-state index is 14.2. The minimum Gasteiger partial charge on any atom is -0.508 e. The second kappa shape index (κ2) is 22.8. The number of phenols is 1. The molecule has 5 amide bonds. The Hall–Kier alpha value is -5.27. The number of hydrogen-bond donors (Lipinski definition) is 7. The lowest BCUT2D eigenvalue weighted by atomic mass is 10.0. The van der Waals surface area contributed by atoms with E-state index < -0.39 is 53.9 Å². The quantitative estimate of drug-likeness (QED) is 0.137. The van der Waals surface area contributed by atoms with Gasteiger partial charge in [0.1, 0.15) is 29.9 Å². The molecule has 0 aromatic heterocycles. The van der Waals surface area contributed by atoms with Crippen LogP contribution in [0.25, 0.3) is 0 Å². The van der Waals surface area contributed by atoms with E-state index in [9.17, 15) is 29.1 Å². The van der Waals surface area contributed by atoms with Gasteiger partial charge in [0.25, 0.3) is 0 Å². The third-order valence-corrected chi connectivity index (χ3v) is 9.56. The summed E-state index contributed by atoms with van der Waals surface area (Å²) in [5.74, 6) is -2.45. The zero-order chi connectivity index (χ0) is 39.4. The van der Waals surface area contributed by atoms with Crippen LogP contribution in [0, 0.1) is 0 Å². The zero-order valence-corrected chi connectivity index (χ0v) is 31.6. The van der Waals surface area contributed by atoms with Gasteiger partial charge < -0.3 is 42.2 Å². The zero-order valence-electron chi connectivity index (χ0n) is 31.6. The van der Waals surface area contributed by atoms with E-state index in [1.54, 1.807) is 19.1 Å². The lowest BCUT2D eigenvalue weighted by Gasteiger charge is -2.29. The van der Waals surface area contributed by atoms with Crippen LogP contribution in [0.5, 0.6) is 5.75 Å². The number of benzene rings is 3. The Bertz CT molecular complexity index is 1660. The van der Waals surface area contributed by atoms with Gasteiger partial charge in [-0.05, 0) is 74.4 Å². The normalized spacial score (nSPS) is 21.6. The second-order valence-corrected chi connectivity index (χ2v) is 14.0. The monoisotopic (exact) mass is 756 g/mol. The molecule has 0 unspecified atom stereocenters. The molecule has 296 valence electrons. The van der Waals surface area contributed by atoms with Crippen molar-refractivity contribution in [2.24, 2.45) is 5.73 Å². The lowest BCUT2D eigenvalue weighted by Crippen LogP contribution is -2.60. The van der Waals surface area contributed by atoms with Gasteiger partial charge in [-0.1, -0.05) is 85.6 Å². The van der Waals surface area contributed by atoms with Crippen molar-refractivity contribution in [3.63, 3.8) is 0 Å². The predicted molar refractivity (Wildman–Crippen MR) is 209 cm³/mol. The fourth-order valence-corrected chi connectivity index (χ4v) is 6.34. The van der Waals surface area contributed by atoms with E-state index in [1.165, 1.54) is 12.1 Å². The molecule has 4 rings (SSSR count). The second-order valence-electron chi connectivity index (χ2n) is 14.0. The highest BCUT2D eigenvalue weighted by Gasteiger charge is 2.33. The molecule has 0 radical (unpaired) electrons. The average Bonchev–Trinajstić information content (AvgIpc) is 3.18. The SMILES string of the molecule is C[C@@H](OCc1ccccc1)[C@@H]1NC(=O)[C@H](CCCCN)NC(=O)[C@@H](Cc2ccc(O)cc2)NC(=O)[C@H](Cc2ccccc2)NC(=O)CCCCCCNC1=O. The van der Waals surface area contributed by atoms with Gasteiger partial charge in [-0.3, -0.25) is 24.0 Å². The molecule has 13 heteroatoms. The van der Waals surface area contributed by atoms with Crippen molar-refractivity contribution in [1.29, 1.82) is 0 Å². The van der Waals surface area contributed by atoms with E-state index in [-0.39, 0.29) is 43.9 Å². The summed E-state index contributed by atoms with van der Waals surface area (Å²) in [5.41, 5.74) is 8.14. The van der Waals surface area contributed by atoms with Crippen LogP contribution in [0.3, 0.4) is 0 Å². The van der Waals surface area contributed by atoms with Crippen molar-refractivity contribution in [2.75, 3.05) is 13.1 Å². The first-order chi connectivity index (χ1) is 26.6. The summed E-state index contributed by atoms with van der Waals surface area (Å²) >= 11 is 0. The summed E-state index contributed by atoms with van der Waals surface area (Å²) in [6, 6.07) is 20.7. The van der Waals surface area contributed by atoms with Gasteiger partial charge in [-0.15, -0.1) is 0 Å². The van der Waals surface area contributed by atoms with Gasteiger partial charge >= 0.3 is 0 Å². The van der Waals surface area contributed by atoms with Gasteiger partial charge in [0, 0.05) is 25.8 Å². The molecule has 5 atom stereocenters. The molecule has 3 aromatic carbocycles. The number of unbranched alkanes of at least 4 members (excludes halogenated alkanes) is 1. The van der Waals surface area contributed by atoms with Crippen LogP contribution in [0.1, 0.15) is 75.0 Å². The maximum Gasteiger partial charge on any atom is 0.245 e. The number of rotatable bonds is 12. The predicted octanol–water partition coefficient (Wildman–Crippen LogP) is 2.93. The smallest absolute Gasteiger partial charge is 0.245 e. The first-order valence-corrected chi connectivity index (χ1v) is 19.3. The Morgan fingerprint density at radius 1 is 0.655 bits per heavy atom. The Balaban J connectivity index is 1.64. The van der Waals surface area contributed by atoms with E-state index in [1.807, 2.05) is 60.7 Å². The molecule has 8 N–H and O–H groups in total. The first-order valence-electron chi connectivity index (χ1n) is 19.3. The number of nitrogens with two attached hydrogens (primary N) is 1.